The summed E-state index contributed by atoms with van der Waals surface area (Å²) >= 11 is 1.81. The molecule has 0 bridgehead atoms. The minimum Gasteiger partial charge on any atom is -0.490 e. The van der Waals surface area contributed by atoms with Crippen molar-refractivity contribution in [2.45, 2.75) is 23.8 Å². The number of thioether (sulfide) groups is 1. The van der Waals surface area contributed by atoms with E-state index in [-0.39, 0.29) is 5.75 Å². The summed E-state index contributed by atoms with van der Waals surface area (Å²) in [6.45, 7) is 2.08. The Labute approximate surface area is 128 Å². The molecule has 0 aliphatic carbocycles. The van der Waals surface area contributed by atoms with Gasteiger partial charge in [-0.2, -0.15) is 0 Å². The second-order valence-electron chi connectivity index (χ2n) is 5.22. The van der Waals surface area contributed by atoms with Crippen LogP contribution < -0.4 is 4.74 Å². The van der Waals surface area contributed by atoms with E-state index >= 15 is 0 Å². The van der Waals surface area contributed by atoms with Gasteiger partial charge in [-0.3, -0.25) is 0 Å². The molecule has 0 spiro atoms. The number of benzene rings is 2. The van der Waals surface area contributed by atoms with Crippen LogP contribution in [0.15, 0.2) is 47.4 Å². The van der Waals surface area contributed by atoms with Gasteiger partial charge >= 0.3 is 0 Å². The van der Waals surface area contributed by atoms with Crippen molar-refractivity contribution in [2.24, 2.45) is 0 Å². The lowest BCUT2D eigenvalue weighted by molar-refractivity contribution is 0.198. The minimum atomic E-state index is -0.674. The van der Waals surface area contributed by atoms with E-state index in [1.807, 2.05) is 23.9 Å². The number of fused-ring (bicyclic) bond motifs is 1. The maximum absolute atomic E-state index is 13.9. The molecule has 1 aliphatic heterocycles. The molecular weight excluding hydrogens is 287 g/mol. The third-order valence-corrected chi connectivity index (χ3v) is 4.93. The van der Waals surface area contributed by atoms with Gasteiger partial charge in [-0.1, -0.05) is 24.3 Å². The van der Waals surface area contributed by atoms with E-state index in [1.165, 1.54) is 16.5 Å². The highest BCUT2D eigenvalue weighted by atomic mass is 32.2. The first kappa shape index (κ1) is 14.4. The summed E-state index contributed by atoms with van der Waals surface area (Å²) in [5, 5.41) is 9.44. The first-order valence-electron chi connectivity index (χ1n) is 6.97. The Bertz CT molecular complexity index is 642. The van der Waals surface area contributed by atoms with Crippen LogP contribution in [0.5, 0.6) is 5.75 Å². The SMILES string of the molecule is CC(O)c1ccc(OCC2CSc3ccccc32)c(F)c1. The van der Waals surface area contributed by atoms with E-state index in [0.29, 0.717) is 18.1 Å². The van der Waals surface area contributed by atoms with Crippen LogP contribution in [0.2, 0.25) is 0 Å². The van der Waals surface area contributed by atoms with E-state index in [1.54, 1.807) is 19.1 Å². The van der Waals surface area contributed by atoms with E-state index in [2.05, 4.69) is 12.1 Å². The van der Waals surface area contributed by atoms with Gasteiger partial charge in [0, 0.05) is 16.6 Å². The number of aliphatic hydroxyl groups is 1. The highest BCUT2D eigenvalue weighted by Crippen LogP contribution is 2.39. The summed E-state index contributed by atoms with van der Waals surface area (Å²) in [5.41, 5.74) is 1.84. The van der Waals surface area contributed by atoms with Crippen LogP contribution in [0.1, 0.15) is 30.1 Å². The molecule has 3 rings (SSSR count). The summed E-state index contributed by atoms with van der Waals surface area (Å²) < 4.78 is 19.6. The molecule has 0 saturated carbocycles. The third kappa shape index (κ3) is 3.06. The van der Waals surface area contributed by atoms with Gasteiger partial charge in [-0.25, -0.2) is 4.39 Å². The van der Waals surface area contributed by atoms with Crippen molar-refractivity contribution in [1.29, 1.82) is 0 Å². The number of ether oxygens (including phenoxy) is 1. The molecule has 2 aromatic carbocycles. The first-order chi connectivity index (χ1) is 10.1. The maximum atomic E-state index is 13.9. The van der Waals surface area contributed by atoms with Gasteiger partial charge in [-0.15, -0.1) is 11.8 Å². The molecule has 2 aromatic rings. The Morgan fingerprint density at radius 1 is 1.33 bits per heavy atom. The van der Waals surface area contributed by atoms with Crippen molar-refractivity contribution in [1.82, 2.24) is 0 Å². The van der Waals surface area contributed by atoms with Gasteiger partial charge in [0.25, 0.3) is 0 Å². The van der Waals surface area contributed by atoms with Crippen LogP contribution in [0.25, 0.3) is 0 Å². The van der Waals surface area contributed by atoms with Crippen molar-refractivity contribution < 1.29 is 14.2 Å². The molecule has 1 N–H and O–H groups in total. The zero-order chi connectivity index (χ0) is 14.8. The zero-order valence-corrected chi connectivity index (χ0v) is 12.6. The number of halogens is 1. The van der Waals surface area contributed by atoms with Crippen molar-refractivity contribution in [3.05, 3.63) is 59.4 Å². The van der Waals surface area contributed by atoms with Crippen molar-refractivity contribution in [2.75, 3.05) is 12.4 Å². The number of hydrogen-bond donors (Lipinski definition) is 1. The first-order valence-corrected chi connectivity index (χ1v) is 7.95. The second-order valence-corrected chi connectivity index (χ2v) is 6.28. The molecule has 0 amide bonds. The van der Waals surface area contributed by atoms with Gasteiger partial charge in [0.1, 0.15) is 0 Å². The third-order valence-electron chi connectivity index (χ3n) is 3.68. The molecule has 0 aromatic heterocycles. The molecular formula is C17H17FO2S. The molecule has 0 fully saturated rings. The summed E-state index contributed by atoms with van der Waals surface area (Å²) in [7, 11) is 0. The molecule has 21 heavy (non-hydrogen) atoms. The van der Waals surface area contributed by atoms with Crippen molar-refractivity contribution in [3.63, 3.8) is 0 Å². The van der Waals surface area contributed by atoms with Crippen LogP contribution >= 0.6 is 11.8 Å². The Morgan fingerprint density at radius 3 is 2.90 bits per heavy atom. The average molecular weight is 304 g/mol. The van der Waals surface area contributed by atoms with Crippen LogP contribution in [0, 0.1) is 5.82 Å². The Kier molecular flexibility index (Phi) is 4.17. The highest BCUT2D eigenvalue weighted by Gasteiger charge is 2.23. The lowest BCUT2D eigenvalue weighted by atomic mass is 10.0. The van der Waals surface area contributed by atoms with Crippen LogP contribution in [-0.4, -0.2) is 17.5 Å². The lowest BCUT2D eigenvalue weighted by Gasteiger charge is -2.14. The number of aliphatic hydroxyl groups excluding tert-OH is 1. The van der Waals surface area contributed by atoms with Gasteiger partial charge in [-0.05, 0) is 36.2 Å². The van der Waals surface area contributed by atoms with E-state index in [4.69, 9.17) is 4.74 Å². The fourth-order valence-electron chi connectivity index (χ4n) is 2.45. The minimum absolute atomic E-state index is 0.244. The Balaban J connectivity index is 1.69. The van der Waals surface area contributed by atoms with Gasteiger partial charge in [0.2, 0.25) is 0 Å². The second kappa shape index (κ2) is 6.08. The van der Waals surface area contributed by atoms with Crippen LogP contribution in [0.4, 0.5) is 4.39 Å². The number of hydrogen-bond acceptors (Lipinski definition) is 3. The molecule has 110 valence electrons. The topological polar surface area (TPSA) is 29.5 Å². The predicted octanol–water partition coefficient (Wildman–Crippen LogP) is 4.15. The van der Waals surface area contributed by atoms with Gasteiger partial charge < -0.3 is 9.84 Å². The summed E-state index contributed by atoms with van der Waals surface area (Å²) in [6, 6.07) is 12.9. The molecule has 2 nitrogen and oxygen atoms in total. The molecule has 2 unspecified atom stereocenters. The molecule has 4 heteroatoms. The normalized spacial score (nSPS) is 18.3. The quantitative estimate of drug-likeness (QED) is 0.920. The van der Waals surface area contributed by atoms with E-state index < -0.39 is 11.9 Å². The van der Waals surface area contributed by atoms with Crippen molar-refractivity contribution >= 4 is 11.8 Å². The fraction of sp³-hybridized carbons (Fsp3) is 0.294. The predicted molar refractivity (Wildman–Crippen MR) is 82.4 cm³/mol. The fourth-order valence-corrected chi connectivity index (χ4v) is 3.68. The molecule has 0 radical (unpaired) electrons. The van der Waals surface area contributed by atoms with Gasteiger partial charge in [0.05, 0.1) is 12.7 Å². The van der Waals surface area contributed by atoms with Crippen LogP contribution in [-0.2, 0) is 0 Å². The highest BCUT2D eigenvalue weighted by molar-refractivity contribution is 7.99. The summed E-state index contributed by atoms with van der Waals surface area (Å²) in [4.78, 5) is 1.29. The summed E-state index contributed by atoms with van der Waals surface area (Å²) in [5.74, 6) is 1.08. The maximum Gasteiger partial charge on any atom is 0.165 e. The van der Waals surface area contributed by atoms with Gasteiger partial charge in [0.15, 0.2) is 11.6 Å². The largest absolute Gasteiger partial charge is 0.490 e. The standard InChI is InChI=1S/C17H17FO2S/c1-11(19)12-6-7-16(15(18)8-12)20-9-13-10-21-17-5-3-2-4-14(13)17/h2-8,11,13,19H,9-10H2,1H3. The number of rotatable bonds is 4. The Morgan fingerprint density at radius 2 is 2.14 bits per heavy atom. The van der Waals surface area contributed by atoms with E-state index in [9.17, 15) is 9.50 Å². The molecule has 2 atom stereocenters. The smallest absolute Gasteiger partial charge is 0.165 e. The average Bonchev–Trinajstić information content (AvgIpc) is 2.89. The molecule has 1 heterocycles. The van der Waals surface area contributed by atoms with E-state index in [0.717, 1.165) is 5.75 Å². The molecule has 1 aliphatic rings. The monoisotopic (exact) mass is 304 g/mol. The van der Waals surface area contributed by atoms with Crippen LogP contribution in [0.3, 0.4) is 0 Å². The zero-order valence-electron chi connectivity index (χ0n) is 11.8. The molecule has 0 saturated heterocycles. The van der Waals surface area contributed by atoms with Crippen molar-refractivity contribution in [3.8, 4) is 5.75 Å². The lowest BCUT2D eigenvalue weighted by Crippen LogP contribution is -2.10. The Hall–Kier alpha value is -1.52. The summed E-state index contributed by atoms with van der Waals surface area (Å²) in [6.07, 6.45) is -0.674.